The molecule has 2 saturated heterocycles. The number of thioether (sulfide) groups is 1. The molecule has 208 valence electrons. The molecule has 0 saturated carbocycles. The summed E-state index contributed by atoms with van der Waals surface area (Å²) >= 11 is 6.71. The molecule has 0 bridgehead atoms. The number of thiocarbonyl (C=S) groups is 1. The lowest BCUT2D eigenvalue weighted by molar-refractivity contribution is -0.123. The molecule has 4 aromatic rings. The zero-order valence-corrected chi connectivity index (χ0v) is 24.7. The molecule has 3 aromatic carbocycles. The van der Waals surface area contributed by atoms with Crippen molar-refractivity contribution in [2.75, 3.05) is 11.5 Å². The van der Waals surface area contributed by atoms with Gasteiger partial charge in [-0.1, -0.05) is 84.1 Å². The number of ether oxygens (including phenoxy) is 1. The van der Waals surface area contributed by atoms with Gasteiger partial charge in [-0.05, 0) is 49.2 Å². The molecule has 10 heteroatoms. The summed E-state index contributed by atoms with van der Waals surface area (Å²) in [6.45, 7) is 2.49. The summed E-state index contributed by atoms with van der Waals surface area (Å²) < 4.78 is 32.4. The van der Waals surface area contributed by atoms with Crippen molar-refractivity contribution in [2.24, 2.45) is 0 Å². The van der Waals surface area contributed by atoms with E-state index in [-0.39, 0.29) is 17.4 Å². The molecular weight excluding hydrogens is 575 g/mol. The number of hydrogen-bond donors (Lipinski definition) is 0. The smallest absolute Gasteiger partial charge is 0.266 e. The fourth-order valence-corrected chi connectivity index (χ4v) is 8.02. The van der Waals surface area contributed by atoms with Crippen LogP contribution in [0.4, 0.5) is 0 Å². The molecule has 1 atom stereocenters. The van der Waals surface area contributed by atoms with Crippen LogP contribution in [0, 0.1) is 6.92 Å². The Morgan fingerprint density at radius 2 is 1.85 bits per heavy atom. The van der Waals surface area contributed by atoms with Gasteiger partial charge in [0.05, 0.1) is 28.1 Å². The summed E-state index contributed by atoms with van der Waals surface area (Å²) in [4.78, 5) is 15.4. The van der Waals surface area contributed by atoms with Gasteiger partial charge in [-0.3, -0.25) is 9.69 Å². The summed E-state index contributed by atoms with van der Waals surface area (Å²) in [6, 6.07) is 25.3. The van der Waals surface area contributed by atoms with Gasteiger partial charge < -0.3 is 4.74 Å². The van der Waals surface area contributed by atoms with Crippen LogP contribution in [0.3, 0.4) is 0 Å². The van der Waals surface area contributed by atoms with Gasteiger partial charge in [-0.15, -0.1) is 0 Å². The van der Waals surface area contributed by atoms with E-state index >= 15 is 0 Å². The molecule has 1 amide bonds. The van der Waals surface area contributed by atoms with E-state index in [0.29, 0.717) is 33.7 Å². The molecule has 2 fully saturated rings. The van der Waals surface area contributed by atoms with Crippen LogP contribution in [-0.2, 0) is 21.2 Å². The van der Waals surface area contributed by atoms with E-state index < -0.39 is 15.9 Å². The van der Waals surface area contributed by atoms with Crippen LogP contribution in [0.2, 0.25) is 0 Å². The molecule has 7 nitrogen and oxygen atoms in total. The number of hydrogen-bond acceptors (Lipinski definition) is 7. The number of carbonyl (C=O) groups excluding carboxylic acids is 1. The number of amides is 1. The van der Waals surface area contributed by atoms with Crippen molar-refractivity contribution in [2.45, 2.75) is 26.0 Å². The second-order valence-electron chi connectivity index (χ2n) is 10.1. The van der Waals surface area contributed by atoms with Crippen LogP contribution in [0.1, 0.15) is 23.1 Å². The SMILES string of the molecule is Cc1ccc(COc2cccc(-c3nn(-c4ccccc4)cc3C=C3SC(=S)N(C4CCS(=O)(=O)C4)C3=O)c2)cc1. The Morgan fingerprint density at radius 3 is 2.59 bits per heavy atom. The lowest BCUT2D eigenvalue weighted by Crippen LogP contribution is -2.39. The number of nitrogens with zero attached hydrogens (tertiary/aromatic N) is 3. The highest BCUT2D eigenvalue weighted by Gasteiger charge is 2.42. The molecular formula is C31H27N3O4S3. The molecule has 0 radical (unpaired) electrons. The van der Waals surface area contributed by atoms with Crippen molar-refractivity contribution in [3.63, 3.8) is 0 Å². The third kappa shape index (κ3) is 6.00. The lowest BCUT2D eigenvalue weighted by Gasteiger charge is -2.20. The molecule has 0 spiro atoms. The first kappa shape index (κ1) is 27.4. The van der Waals surface area contributed by atoms with Gasteiger partial charge in [0.15, 0.2) is 9.84 Å². The van der Waals surface area contributed by atoms with Crippen LogP contribution in [0.25, 0.3) is 23.0 Å². The first-order valence-corrected chi connectivity index (χ1v) is 16.2. The van der Waals surface area contributed by atoms with Crippen LogP contribution >= 0.6 is 24.0 Å². The van der Waals surface area contributed by atoms with E-state index in [1.165, 1.54) is 22.2 Å². The highest BCUT2D eigenvalue weighted by Crippen LogP contribution is 2.38. The van der Waals surface area contributed by atoms with Crippen LogP contribution < -0.4 is 4.74 Å². The first-order valence-electron chi connectivity index (χ1n) is 13.2. The number of benzene rings is 3. The molecule has 41 heavy (non-hydrogen) atoms. The Morgan fingerprint density at radius 1 is 1.07 bits per heavy atom. The van der Waals surface area contributed by atoms with Gasteiger partial charge in [0, 0.05) is 17.3 Å². The van der Waals surface area contributed by atoms with Gasteiger partial charge >= 0.3 is 0 Å². The monoisotopic (exact) mass is 601 g/mol. The standard InChI is InChI=1S/C31H27N3O4S3/c1-21-10-12-22(13-11-21)19-38-27-9-5-6-23(16-27)29-24(18-33(32-29)25-7-3-2-4-8-25)17-28-30(35)34(31(39)40-28)26-14-15-41(36,37)20-26/h2-13,16-18,26H,14-15,19-20H2,1H3. The van der Waals surface area contributed by atoms with E-state index in [2.05, 4.69) is 31.2 Å². The van der Waals surface area contributed by atoms with Crippen molar-refractivity contribution >= 4 is 50.1 Å². The number of aryl methyl sites for hydroxylation is 1. The molecule has 2 aliphatic rings. The average molecular weight is 602 g/mol. The molecule has 0 N–H and O–H groups in total. The predicted octanol–water partition coefficient (Wildman–Crippen LogP) is 5.82. The highest BCUT2D eigenvalue weighted by atomic mass is 32.2. The maximum Gasteiger partial charge on any atom is 0.266 e. The Hall–Kier alpha value is -3.73. The van der Waals surface area contributed by atoms with E-state index in [9.17, 15) is 13.2 Å². The fourth-order valence-electron chi connectivity index (χ4n) is 4.93. The minimum atomic E-state index is -3.16. The van der Waals surface area contributed by atoms with Crippen molar-refractivity contribution in [1.29, 1.82) is 0 Å². The van der Waals surface area contributed by atoms with Gasteiger partial charge in [-0.25, -0.2) is 13.1 Å². The topological polar surface area (TPSA) is 81.5 Å². The van der Waals surface area contributed by atoms with Crippen molar-refractivity contribution in [3.05, 3.63) is 107 Å². The molecule has 2 aliphatic heterocycles. The van der Waals surface area contributed by atoms with E-state index in [4.69, 9.17) is 22.1 Å². The number of carbonyl (C=O) groups is 1. The summed E-state index contributed by atoms with van der Waals surface area (Å²) in [5, 5.41) is 4.89. The average Bonchev–Trinajstić information content (AvgIpc) is 3.63. The Balaban J connectivity index is 1.33. The molecule has 6 rings (SSSR count). The van der Waals surface area contributed by atoms with Gasteiger partial charge in [0.2, 0.25) is 0 Å². The minimum absolute atomic E-state index is 0.0563. The lowest BCUT2D eigenvalue weighted by atomic mass is 10.1. The Bertz CT molecular complexity index is 1760. The van der Waals surface area contributed by atoms with Crippen LogP contribution in [0.5, 0.6) is 5.75 Å². The number of aromatic nitrogens is 2. The van der Waals surface area contributed by atoms with E-state index in [1.54, 1.807) is 10.8 Å². The predicted molar refractivity (Wildman–Crippen MR) is 167 cm³/mol. The van der Waals surface area contributed by atoms with E-state index in [0.717, 1.165) is 22.4 Å². The quantitative estimate of drug-likeness (QED) is 0.195. The van der Waals surface area contributed by atoms with Crippen LogP contribution in [-0.4, -0.2) is 50.9 Å². The van der Waals surface area contributed by atoms with Crippen molar-refractivity contribution < 1.29 is 17.9 Å². The molecule has 1 aromatic heterocycles. The van der Waals surface area contributed by atoms with Gasteiger partial charge in [-0.2, -0.15) is 5.10 Å². The van der Waals surface area contributed by atoms with E-state index in [1.807, 2.05) is 60.8 Å². The first-order chi connectivity index (χ1) is 19.8. The third-order valence-corrected chi connectivity index (χ3v) is 10.2. The summed E-state index contributed by atoms with van der Waals surface area (Å²) in [5.74, 6) is 0.455. The minimum Gasteiger partial charge on any atom is -0.489 e. The zero-order valence-electron chi connectivity index (χ0n) is 22.3. The summed E-state index contributed by atoms with van der Waals surface area (Å²) in [7, 11) is -3.16. The largest absolute Gasteiger partial charge is 0.489 e. The fraction of sp³-hybridized carbons (Fsp3) is 0.194. The van der Waals surface area contributed by atoms with Gasteiger partial charge in [0.1, 0.15) is 22.4 Å². The normalized spacial score (nSPS) is 19.3. The number of rotatable bonds is 7. The molecule has 1 unspecified atom stereocenters. The maximum atomic E-state index is 13.4. The Kier molecular flexibility index (Phi) is 7.54. The highest BCUT2D eigenvalue weighted by molar-refractivity contribution is 8.26. The zero-order chi connectivity index (χ0) is 28.6. The molecule has 3 heterocycles. The van der Waals surface area contributed by atoms with Crippen molar-refractivity contribution in [1.82, 2.24) is 14.7 Å². The second kappa shape index (κ2) is 11.3. The molecule has 0 aliphatic carbocycles. The van der Waals surface area contributed by atoms with Crippen molar-refractivity contribution in [3.8, 4) is 22.7 Å². The third-order valence-electron chi connectivity index (χ3n) is 7.08. The maximum absolute atomic E-state index is 13.4. The van der Waals surface area contributed by atoms with Crippen LogP contribution in [0.15, 0.2) is 90.0 Å². The number of para-hydroxylation sites is 1. The second-order valence-corrected chi connectivity index (χ2v) is 14.0. The van der Waals surface area contributed by atoms with Gasteiger partial charge in [0.25, 0.3) is 5.91 Å². The number of sulfone groups is 1. The summed E-state index contributed by atoms with van der Waals surface area (Å²) in [6.07, 6.45) is 4.08. The summed E-state index contributed by atoms with van der Waals surface area (Å²) in [5.41, 5.74) is 5.41. The Labute approximate surface area is 248 Å².